The zero-order chi connectivity index (χ0) is 29.1. The molecule has 0 atom stereocenters. The Hall–Kier alpha value is -4.75. The van der Waals surface area contributed by atoms with Gasteiger partial charge in [0.2, 0.25) is 5.88 Å². The number of carbonyl (C=O) groups is 1. The van der Waals surface area contributed by atoms with Gasteiger partial charge in [-0.05, 0) is 37.3 Å². The fourth-order valence-electron chi connectivity index (χ4n) is 4.05. The molecule has 0 saturated carbocycles. The van der Waals surface area contributed by atoms with Gasteiger partial charge in [0, 0.05) is 11.6 Å². The van der Waals surface area contributed by atoms with Gasteiger partial charge in [-0.25, -0.2) is 28.4 Å². The SMILES string of the molecule is CCOc1cccc(-c2nc3nc(Cl)c(NS(=O)(=O)c4ccc(C=O)cc4)nc3n2-c2c(OC)cccc2OC)n1. The van der Waals surface area contributed by atoms with E-state index in [0.29, 0.717) is 53.0 Å². The minimum Gasteiger partial charge on any atom is -0.494 e. The molecule has 0 aliphatic rings. The number of para-hydroxylation sites is 1. The Labute approximate surface area is 240 Å². The Morgan fingerprint density at radius 3 is 2.24 bits per heavy atom. The second-order valence-electron chi connectivity index (χ2n) is 8.38. The molecule has 2 aromatic carbocycles. The first-order chi connectivity index (χ1) is 19.8. The van der Waals surface area contributed by atoms with E-state index in [4.69, 9.17) is 25.8 Å². The first-order valence-corrected chi connectivity index (χ1v) is 14.0. The van der Waals surface area contributed by atoms with Gasteiger partial charge in [0.1, 0.15) is 29.2 Å². The van der Waals surface area contributed by atoms with Gasteiger partial charge in [0.25, 0.3) is 10.0 Å². The number of imidazole rings is 1. The van der Waals surface area contributed by atoms with Crippen LogP contribution in [0.1, 0.15) is 17.3 Å². The summed E-state index contributed by atoms with van der Waals surface area (Å²) in [6, 6.07) is 15.8. The number of halogens is 1. The highest BCUT2D eigenvalue weighted by Gasteiger charge is 2.26. The normalized spacial score (nSPS) is 11.3. The molecule has 41 heavy (non-hydrogen) atoms. The maximum atomic E-state index is 13.2. The van der Waals surface area contributed by atoms with Crippen LogP contribution in [-0.2, 0) is 10.0 Å². The molecular weight excluding hydrogens is 572 g/mol. The number of aldehydes is 1. The number of methoxy groups -OCH3 is 2. The highest BCUT2D eigenvalue weighted by Crippen LogP contribution is 2.38. The Bertz CT molecular complexity index is 1840. The van der Waals surface area contributed by atoms with Crippen LogP contribution in [0.4, 0.5) is 5.82 Å². The number of hydrogen-bond donors (Lipinski definition) is 1. The van der Waals surface area contributed by atoms with Crippen molar-refractivity contribution >= 4 is 45.0 Å². The summed E-state index contributed by atoms with van der Waals surface area (Å²) in [5.41, 5.74) is 1.42. The van der Waals surface area contributed by atoms with Crippen molar-refractivity contribution in [3.05, 3.63) is 71.4 Å². The van der Waals surface area contributed by atoms with E-state index in [9.17, 15) is 13.2 Å². The molecule has 0 amide bonds. The quantitative estimate of drug-likeness (QED) is 0.228. The van der Waals surface area contributed by atoms with Crippen LogP contribution < -0.4 is 18.9 Å². The molecule has 0 saturated heterocycles. The third-order valence-corrected chi connectivity index (χ3v) is 7.50. The molecule has 0 bridgehead atoms. The van der Waals surface area contributed by atoms with E-state index in [1.807, 2.05) is 6.92 Å². The Morgan fingerprint density at radius 2 is 1.61 bits per heavy atom. The number of nitrogens with one attached hydrogen (secondary N) is 1. The predicted molar refractivity (Wildman–Crippen MR) is 152 cm³/mol. The van der Waals surface area contributed by atoms with Gasteiger partial charge >= 0.3 is 0 Å². The number of ether oxygens (including phenoxy) is 3. The average Bonchev–Trinajstić information content (AvgIpc) is 3.34. The maximum Gasteiger partial charge on any atom is 0.263 e. The Balaban J connectivity index is 1.75. The van der Waals surface area contributed by atoms with E-state index >= 15 is 0 Å². The molecule has 0 spiro atoms. The van der Waals surface area contributed by atoms with Crippen molar-refractivity contribution < 1.29 is 27.4 Å². The van der Waals surface area contributed by atoms with E-state index in [2.05, 4.69) is 24.7 Å². The van der Waals surface area contributed by atoms with Crippen LogP contribution >= 0.6 is 11.6 Å². The monoisotopic (exact) mass is 594 g/mol. The number of fused-ring (bicyclic) bond motifs is 1. The largest absolute Gasteiger partial charge is 0.494 e. The summed E-state index contributed by atoms with van der Waals surface area (Å²) in [6.45, 7) is 2.26. The van der Waals surface area contributed by atoms with Crippen molar-refractivity contribution in [3.8, 4) is 34.6 Å². The average molecular weight is 595 g/mol. The topological polar surface area (TPSA) is 147 Å². The molecule has 3 heterocycles. The minimum atomic E-state index is -4.15. The van der Waals surface area contributed by atoms with Gasteiger partial charge in [0.15, 0.2) is 28.1 Å². The summed E-state index contributed by atoms with van der Waals surface area (Å²) >= 11 is 6.40. The van der Waals surface area contributed by atoms with Gasteiger partial charge in [-0.3, -0.25) is 14.1 Å². The Kier molecular flexibility index (Phi) is 7.72. The first-order valence-electron chi connectivity index (χ1n) is 12.1. The molecule has 0 radical (unpaired) electrons. The number of pyridine rings is 1. The lowest BCUT2D eigenvalue weighted by Gasteiger charge is -2.16. The van der Waals surface area contributed by atoms with E-state index in [1.165, 1.54) is 38.5 Å². The molecule has 3 aromatic heterocycles. The zero-order valence-corrected chi connectivity index (χ0v) is 23.6. The molecule has 1 N–H and O–H groups in total. The summed E-state index contributed by atoms with van der Waals surface area (Å²) in [5, 5.41) is -0.232. The zero-order valence-electron chi connectivity index (χ0n) is 22.0. The number of nitrogens with zero attached hydrogens (tertiary/aromatic N) is 5. The molecular formula is C27H23ClN6O6S. The van der Waals surface area contributed by atoms with Crippen LogP contribution in [0.15, 0.2) is 65.6 Å². The van der Waals surface area contributed by atoms with Crippen molar-refractivity contribution in [1.29, 1.82) is 0 Å². The van der Waals surface area contributed by atoms with Crippen molar-refractivity contribution in [2.45, 2.75) is 11.8 Å². The second kappa shape index (κ2) is 11.4. The van der Waals surface area contributed by atoms with Crippen LogP contribution in [0.5, 0.6) is 17.4 Å². The molecule has 0 aliphatic carbocycles. The maximum absolute atomic E-state index is 13.2. The van der Waals surface area contributed by atoms with E-state index in [0.717, 1.165) is 0 Å². The Morgan fingerprint density at radius 1 is 0.927 bits per heavy atom. The first kappa shape index (κ1) is 27.8. The highest BCUT2D eigenvalue weighted by atomic mass is 35.5. The summed E-state index contributed by atoms with van der Waals surface area (Å²) in [4.78, 5) is 29.0. The fraction of sp³-hybridized carbons (Fsp3) is 0.148. The molecule has 5 rings (SSSR count). The number of anilines is 1. The van der Waals surface area contributed by atoms with Gasteiger partial charge in [-0.1, -0.05) is 35.9 Å². The number of sulfonamides is 1. The van der Waals surface area contributed by atoms with Gasteiger partial charge in [0.05, 0.1) is 25.7 Å². The number of benzene rings is 2. The summed E-state index contributed by atoms with van der Waals surface area (Å²) < 4.78 is 47.2. The van der Waals surface area contributed by atoms with Crippen LogP contribution in [0.3, 0.4) is 0 Å². The smallest absolute Gasteiger partial charge is 0.263 e. The molecule has 14 heteroatoms. The second-order valence-corrected chi connectivity index (χ2v) is 10.4. The lowest BCUT2D eigenvalue weighted by atomic mass is 10.2. The number of rotatable bonds is 10. The van der Waals surface area contributed by atoms with Gasteiger partial charge in [-0.2, -0.15) is 0 Å². The number of aromatic nitrogens is 5. The van der Waals surface area contributed by atoms with Gasteiger partial charge < -0.3 is 14.2 Å². The molecule has 0 fully saturated rings. The molecule has 5 aromatic rings. The number of carbonyl (C=O) groups excluding carboxylic acids is 1. The van der Waals surface area contributed by atoms with Gasteiger partial charge in [-0.15, -0.1) is 0 Å². The van der Waals surface area contributed by atoms with Crippen molar-refractivity contribution in [3.63, 3.8) is 0 Å². The summed E-state index contributed by atoms with van der Waals surface area (Å²) in [5.74, 6) is 1.27. The van der Waals surface area contributed by atoms with Crippen LogP contribution in [0.2, 0.25) is 5.15 Å². The fourth-order valence-corrected chi connectivity index (χ4v) is 5.29. The van der Waals surface area contributed by atoms with Crippen molar-refractivity contribution in [2.75, 3.05) is 25.5 Å². The van der Waals surface area contributed by atoms with E-state index in [1.54, 1.807) is 41.0 Å². The van der Waals surface area contributed by atoms with Crippen molar-refractivity contribution in [1.82, 2.24) is 24.5 Å². The molecule has 0 unspecified atom stereocenters. The predicted octanol–water partition coefficient (Wildman–Crippen LogP) is 4.56. The minimum absolute atomic E-state index is 0.0985. The van der Waals surface area contributed by atoms with Crippen LogP contribution in [0.25, 0.3) is 28.5 Å². The lowest BCUT2D eigenvalue weighted by molar-refractivity contribution is 0.112. The van der Waals surface area contributed by atoms with Crippen molar-refractivity contribution in [2.24, 2.45) is 0 Å². The van der Waals surface area contributed by atoms with Crippen LogP contribution in [0, 0.1) is 0 Å². The highest BCUT2D eigenvalue weighted by molar-refractivity contribution is 7.92. The summed E-state index contributed by atoms with van der Waals surface area (Å²) in [6.07, 6.45) is 0.615. The number of hydrogen-bond acceptors (Lipinski definition) is 10. The van der Waals surface area contributed by atoms with E-state index in [-0.39, 0.29) is 27.2 Å². The third-order valence-electron chi connectivity index (χ3n) is 5.88. The third kappa shape index (κ3) is 5.36. The molecule has 210 valence electrons. The summed E-state index contributed by atoms with van der Waals surface area (Å²) in [7, 11) is -1.14. The molecule has 0 aliphatic heterocycles. The van der Waals surface area contributed by atoms with Crippen LogP contribution in [-0.4, -0.2) is 60.0 Å². The standard InChI is InChI=1S/C27H23ClN6O6S/c1-4-40-21-10-5-7-18(29-21)26-32-25-27(34(26)22-19(38-2)8-6-9-20(22)39-3)31-24(23(28)30-25)33-41(36,37)17-13-11-16(15-35)12-14-17/h5-15H,4H2,1-3H3,(H,31,33). The molecule has 12 nitrogen and oxygen atoms in total. The lowest BCUT2D eigenvalue weighted by Crippen LogP contribution is -2.15. The van der Waals surface area contributed by atoms with E-state index < -0.39 is 10.0 Å².